The van der Waals surface area contributed by atoms with Gasteiger partial charge in [0.05, 0.1) is 20.3 Å². The minimum Gasteiger partial charge on any atom is -0.493 e. The van der Waals surface area contributed by atoms with Gasteiger partial charge in [-0.1, -0.05) is 6.07 Å². The van der Waals surface area contributed by atoms with Crippen LogP contribution in [0.25, 0.3) is 0 Å². The van der Waals surface area contributed by atoms with E-state index in [0.717, 1.165) is 12.8 Å². The van der Waals surface area contributed by atoms with E-state index in [1.807, 2.05) is 0 Å². The molecule has 0 aromatic heterocycles. The van der Waals surface area contributed by atoms with Gasteiger partial charge in [-0.05, 0) is 30.5 Å². The van der Waals surface area contributed by atoms with Crippen molar-refractivity contribution in [3.63, 3.8) is 0 Å². The second-order valence-electron chi connectivity index (χ2n) is 5.09. The summed E-state index contributed by atoms with van der Waals surface area (Å²) in [4.78, 5) is 23.1. The summed E-state index contributed by atoms with van der Waals surface area (Å²) >= 11 is 0. The van der Waals surface area contributed by atoms with Gasteiger partial charge < -0.3 is 25.2 Å². The van der Waals surface area contributed by atoms with Crippen LogP contribution < -0.4 is 20.1 Å². The summed E-state index contributed by atoms with van der Waals surface area (Å²) in [7, 11) is 3.02. The van der Waals surface area contributed by atoms with Gasteiger partial charge in [0.2, 0.25) is 0 Å². The number of ether oxygens (including phenoxy) is 2. The van der Waals surface area contributed by atoms with Crippen LogP contribution in [0.4, 0.5) is 0 Å². The van der Waals surface area contributed by atoms with E-state index in [2.05, 4.69) is 10.6 Å². The molecule has 22 heavy (non-hydrogen) atoms. The summed E-state index contributed by atoms with van der Waals surface area (Å²) in [6.45, 7) is -0.0631. The normalized spacial score (nSPS) is 14.9. The Balaban J connectivity index is 1.89. The molecule has 1 aromatic carbocycles. The van der Waals surface area contributed by atoms with Crippen molar-refractivity contribution in [3.05, 3.63) is 23.8 Å². The monoisotopic (exact) mass is 308 g/mol. The van der Waals surface area contributed by atoms with E-state index in [-0.39, 0.29) is 12.6 Å². The average molecular weight is 308 g/mol. The van der Waals surface area contributed by atoms with Crippen molar-refractivity contribution in [1.82, 2.24) is 10.6 Å². The molecule has 120 valence electrons. The molecule has 1 aliphatic rings. The highest BCUT2D eigenvalue weighted by atomic mass is 16.5. The minimum absolute atomic E-state index is 0.0631. The number of hydrogen-bond donors (Lipinski definition) is 3. The number of nitrogens with one attached hydrogen (secondary N) is 2. The van der Waals surface area contributed by atoms with Crippen molar-refractivity contribution >= 4 is 11.8 Å². The molecule has 7 heteroatoms. The van der Waals surface area contributed by atoms with Gasteiger partial charge >= 0.3 is 11.8 Å². The Morgan fingerprint density at radius 1 is 1.23 bits per heavy atom. The molecule has 0 aliphatic heterocycles. The van der Waals surface area contributed by atoms with Crippen LogP contribution >= 0.6 is 0 Å². The summed E-state index contributed by atoms with van der Waals surface area (Å²) < 4.78 is 10.3. The number of methoxy groups -OCH3 is 2. The number of aliphatic hydroxyl groups is 1. The summed E-state index contributed by atoms with van der Waals surface area (Å²) in [5.41, 5.74) is 0.556. The van der Waals surface area contributed by atoms with E-state index < -0.39 is 17.9 Å². The van der Waals surface area contributed by atoms with Crippen LogP contribution in [0.3, 0.4) is 0 Å². The van der Waals surface area contributed by atoms with Gasteiger partial charge in [0.15, 0.2) is 11.5 Å². The Morgan fingerprint density at radius 3 is 2.50 bits per heavy atom. The minimum atomic E-state index is -0.947. The number of benzene rings is 1. The third-order valence-electron chi connectivity index (χ3n) is 3.37. The largest absolute Gasteiger partial charge is 0.493 e. The molecular weight excluding hydrogens is 288 g/mol. The molecule has 3 N–H and O–H groups in total. The first-order valence-corrected chi connectivity index (χ1v) is 7.03. The van der Waals surface area contributed by atoms with Crippen molar-refractivity contribution in [1.29, 1.82) is 0 Å². The van der Waals surface area contributed by atoms with Gasteiger partial charge in [-0.15, -0.1) is 0 Å². The lowest BCUT2D eigenvalue weighted by molar-refractivity contribution is -0.139. The molecule has 1 atom stereocenters. The number of hydrogen-bond acceptors (Lipinski definition) is 5. The standard InChI is InChI=1S/C15H20N2O5/c1-21-12-6-3-9(7-13(12)22-2)11(18)8-16-14(19)15(20)17-10-4-5-10/h3,6-7,10-11,18H,4-5,8H2,1-2H3,(H,16,19)(H,17,20). The van der Waals surface area contributed by atoms with Crippen LogP contribution in [-0.4, -0.2) is 43.7 Å². The molecule has 0 heterocycles. The number of rotatable bonds is 6. The number of carbonyl (C=O) groups excluding carboxylic acids is 2. The second kappa shape index (κ2) is 7.13. The first kappa shape index (κ1) is 16.1. The first-order chi connectivity index (χ1) is 10.5. The van der Waals surface area contributed by atoms with Crippen LogP contribution in [0.15, 0.2) is 18.2 Å². The maximum atomic E-state index is 11.6. The third kappa shape index (κ3) is 4.11. The van der Waals surface area contributed by atoms with Crippen molar-refractivity contribution in [2.45, 2.75) is 25.0 Å². The Morgan fingerprint density at radius 2 is 1.91 bits per heavy atom. The quantitative estimate of drug-likeness (QED) is 0.649. The predicted molar refractivity (Wildman–Crippen MR) is 78.7 cm³/mol. The second-order valence-corrected chi connectivity index (χ2v) is 5.09. The van der Waals surface area contributed by atoms with E-state index in [9.17, 15) is 14.7 Å². The first-order valence-electron chi connectivity index (χ1n) is 7.03. The summed E-state index contributed by atoms with van der Waals surface area (Å²) in [6.07, 6.45) is 0.873. The third-order valence-corrected chi connectivity index (χ3v) is 3.37. The van der Waals surface area contributed by atoms with Crippen LogP contribution in [0.5, 0.6) is 11.5 Å². The fourth-order valence-electron chi connectivity index (χ4n) is 1.93. The Bertz CT molecular complexity index is 557. The van der Waals surface area contributed by atoms with E-state index >= 15 is 0 Å². The highest BCUT2D eigenvalue weighted by Crippen LogP contribution is 2.29. The van der Waals surface area contributed by atoms with Gasteiger partial charge in [-0.25, -0.2) is 0 Å². The smallest absolute Gasteiger partial charge is 0.309 e. The topological polar surface area (TPSA) is 96.9 Å². The maximum Gasteiger partial charge on any atom is 0.309 e. The van der Waals surface area contributed by atoms with Gasteiger partial charge in [-0.3, -0.25) is 9.59 Å². The summed E-state index contributed by atoms with van der Waals surface area (Å²) in [5.74, 6) is -0.378. The van der Waals surface area contributed by atoms with Crippen LogP contribution in [0.1, 0.15) is 24.5 Å². The van der Waals surface area contributed by atoms with Gasteiger partial charge in [0.1, 0.15) is 0 Å². The summed E-state index contributed by atoms with van der Waals surface area (Å²) in [6, 6.07) is 5.08. The Hall–Kier alpha value is -2.28. The molecule has 1 aromatic rings. The van der Waals surface area contributed by atoms with E-state index in [1.54, 1.807) is 18.2 Å². The molecular formula is C15H20N2O5. The zero-order valence-electron chi connectivity index (χ0n) is 12.6. The summed E-state index contributed by atoms with van der Waals surface area (Å²) in [5, 5.41) is 15.1. The van der Waals surface area contributed by atoms with Gasteiger partial charge in [-0.2, -0.15) is 0 Å². The van der Waals surface area contributed by atoms with E-state index in [0.29, 0.717) is 17.1 Å². The number of amides is 2. The molecule has 2 amide bonds. The molecule has 1 fully saturated rings. The molecule has 0 saturated heterocycles. The highest BCUT2D eigenvalue weighted by molar-refractivity contribution is 6.35. The SMILES string of the molecule is COc1ccc(C(O)CNC(=O)C(=O)NC2CC2)cc1OC. The van der Waals surface area contributed by atoms with Crippen LogP contribution in [0.2, 0.25) is 0 Å². The van der Waals surface area contributed by atoms with E-state index in [1.165, 1.54) is 14.2 Å². The van der Waals surface area contributed by atoms with Crippen molar-refractivity contribution in [3.8, 4) is 11.5 Å². The van der Waals surface area contributed by atoms with E-state index in [4.69, 9.17) is 9.47 Å². The molecule has 0 spiro atoms. The predicted octanol–water partition coefficient (Wildman–Crippen LogP) is 0.132. The molecule has 1 unspecified atom stereocenters. The lowest BCUT2D eigenvalue weighted by Crippen LogP contribution is -2.42. The molecule has 0 radical (unpaired) electrons. The highest BCUT2D eigenvalue weighted by Gasteiger charge is 2.26. The Labute approximate surface area is 128 Å². The molecule has 2 rings (SSSR count). The number of aliphatic hydroxyl groups excluding tert-OH is 1. The van der Waals surface area contributed by atoms with Crippen LogP contribution in [0, 0.1) is 0 Å². The zero-order chi connectivity index (χ0) is 16.1. The molecule has 7 nitrogen and oxygen atoms in total. The van der Waals surface area contributed by atoms with Gasteiger partial charge in [0, 0.05) is 12.6 Å². The van der Waals surface area contributed by atoms with Gasteiger partial charge in [0.25, 0.3) is 0 Å². The maximum absolute atomic E-state index is 11.6. The van der Waals surface area contributed by atoms with Crippen molar-refractivity contribution in [2.24, 2.45) is 0 Å². The molecule has 1 aliphatic carbocycles. The zero-order valence-corrected chi connectivity index (χ0v) is 12.6. The Kier molecular flexibility index (Phi) is 5.21. The lowest BCUT2D eigenvalue weighted by atomic mass is 10.1. The fourth-order valence-corrected chi connectivity index (χ4v) is 1.93. The molecule has 0 bridgehead atoms. The van der Waals surface area contributed by atoms with Crippen molar-refractivity contribution in [2.75, 3.05) is 20.8 Å². The lowest BCUT2D eigenvalue weighted by Gasteiger charge is -2.14. The fraction of sp³-hybridized carbons (Fsp3) is 0.467. The molecule has 1 saturated carbocycles. The number of carbonyl (C=O) groups is 2. The van der Waals surface area contributed by atoms with Crippen molar-refractivity contribution < 1.29 is 24.2 Å². The van der Waals surface area contributed by atoms with Crippen LogP contribution in [-0.2, 0) is 9.59 Å². The average Bonchev–Trinajstić information content (AvgIpc) is 3.35.